The van der Waals surface area contributed by atoms with Crippen molar-refractivity contribution in [3.05, 3.63) is 0 Å². The van der Waals surface area contributed by atoms with Gasteiger partial charge in [-0.15, -0.1) is 0 Å². The molecule has 34 valence electrons. The Morgan fingerprint density at radius 3 is 2.17 bits per heavy atom. The van der Waals surface area contributed by atoms with Crippen molar-refractivity contribution in [1.82, 2.24) is 0 Å². The smallest absolute Gasteiger partial charge is 0.0321 e. The molecule has 2 aliphatic rings. The van der Waals surface area contributed by atoms with Gasteiger partial charge < -0.3 is 0 Å². The summed E-state index contributed by atoms with van der Waals surface area (Å²) in [6, 6.07) is 0. The molecule has 0 spiro atoms. The van der Waals surface area contributed by atoms with Crippen molar-refractivity contribution in [2.75, 3.05) is 0 Å². The molecule has 0 heterocycles. The molecule has 0 aromatic rings. The number of halogens is 1. The topological polar surface area (TPSA) is 0 Å². The van der Waals surface area contributed by atoms with Crippen LogP contribution in [0.1, 0.15) is 13.3 Å². The Labute approximate surface area is 46.1 Å². The normalized spacial score (nSPS) is 73.0. The van der Waals surface area contributed by atoms with Gasteiger partial charge >= 0.3 is 0 Å². The first-order chi connectivity index (χ1) is 2.75. The van der Waals surface area contributed by atoms with Gasteiger partial charge in [0.2, 0.25) is 0 Å². The predicted molar refractivity (Wildman–Crippen MR) is 28.9 cm³/mol. The van der Waals surface area contributed by atoms with Crippen LogP contribution in [0.5, 0.6) is 0 Å². The number of fused-ring (bicyclic) bond motifs is 1. The average molecular weight is 147 g/mol. The van der Waals surface area contributed by atoms with Gasteiger partial charge in [0, 0.05) is 4.32 Å². The van der Waals surface area contributed by atoms with Crippen molar-refractivity contribution < 1.29 is 0 Å². The molecule has 3 atom stereocenters. The highest BCUT2D eigenvalue weighted by Crippen LogP contribution is 2.77. The van der Waals surface area contributed by atoms with E-state index in [0.29, 0.717) is 4.32 Å². The molecule has 0 amide bonds. The lowest BCUT2D eigenvalue weighted by Gasteiger charge is -1.91. The van der Waals surface area contributed by atoms with Crippen LogP contribution in [0.4, 0.5) is 0 Å². The molecule has 3 unspecified atom stereocenters. The molecular formula is C5H7Br. The Hall–Kier alpha value is 0.480. The third-order valence-electron chi connectivity index (χ3n) is 2.24. The Balaban J connectivity index is 2.23. The van der Waals surface area contributed by atoms with Gasteiger partial charge in [0.05, 0.1) is 0 Å². The van der Waals surface area contributed by atoms with Gasteiger partial charge in [-0.05, 0) is 18.3 Å². The fraction of sp³-hybridized carbons (Fsp3) is 1.00. The van der Waals surface area contributed by atoms with Gasteiger partial charge in [-0.1, -0.05) is 22.9 Å². The molecule has 0 saturated heterocycles. The third-order valence-corrected chi connectivity index (χ3v) is 3.87. The molecule has 1 heteroatoms. The largest absolute Gasteiger partial charge is 0.0847 e. The second kappa shape index (κ2) is 0.605. The zero-order chi connectivity index (χ0) is 4.36. The van der Waals surface area contributed by atoms with Gasteiger partial charge in [-0.3, -0.25) is 0 Å². The van der Waals surface area contributed by atoms with Crippen LogP contribution in [-0.4, -0.2) is 4.32 Å². The molecule has 2 saturated carbocycles. The molecule has 0 aliphatic heterocycles. The average Bonchev–Trinajstić information content (AvgIpc) is 2.24. The maximum Gasteiger partial charge on any atom is 0.0321 e. The highest BCUT2D eigenvalue weighted by atomic mass is 79.9. The number of rotatable bonds is 0. The van der Waals surface area contributed by atoms with Crippen LogP contribution in [0, 0.1) is 11.8 Å². The maximum absolute atomic E-state index is 3.63. The standard InChI is InChI=1S/C5H7Br/c1-3-4-2-5(3,4)6/h3-4H,2H2,1H3. The van der Waals surface area contributed by atoms with Gasteiger partial charge in [0.25, 0.3) is 0 Å². The van der Waals surface area contributed by atoms with Crippen molar-refractivity contribution in [3.63, 3.8) is 0 Å². The monoisotopic (exact) mass is 146 g/mol. The summed E-state index contributed by atoms with van der Waals surface area (Å²) in [4.78, 5) is 0. The van der Waals surface area contributed by atoms with Gasteiger partial charge in [-0.25, -0.2) is 0 Å². The van der Waals surface area contributed by atoms with Crippen LogP contribution in [-0.2, 0) is 0 Å². The van der Waals surface area contributed by atoms with Gasteiger partial charge in [0.1, 0.15) is 0 Å². The quantitative estimate of drug-likeness (QED) is 0.458. The van der Waals surface area contributed by atoms with Gasteiger partial charge in [-0.2, -0.15) is 0 Å². The third kappa shape index (κ3) is 0.178. The van der Waals surface area contributed by atoms with Crippen molar-refractivity contribution in [1.29, 1.82) is 0 Å². The Kier molecular flexibility index (Phi) is 0.351. The zero-order valence-corrected chi connectivity index (χ0v) is 5.33. The second-order valence-electron chi connectivity index (χ2n) is 2.53. The summed E-state index contributed by atoms with van der Waals surface area (Å²) < 4.78 is 0.688. The van der Waals surface area contributed by atoms with Crippen molar-refractivity contribution in [3.8, 4) is 0 Å². The summed E-state index contributed by atoms with van der Waals surface area (Å²) in [5, 5.41) is 0. The Bertz CT molecular complexity index is 94.1. The van der Waals surface area contributed by atoms with E-state index in [0.717, 1.165) is 11.8 Å². The molecule has 2 aliphatic carbocycles. The molecule has 2 fully saturated rings. The van der Waals surface area contributed by atoms with E-state index in [-0.39, 0.29) is 0 Å². The highest BCUT2D eigenvalue weighted by molar-refractivity contribution is 9.10. The minimum atomic E-state index is 0.688. The molecule has 0 radical (unpaired) electrons. The molecule has 0 aromatic heterocycles. The van der Waals surface area contributed by atoms with Crippen LogP contribution in [0.15, 0.2) is 0 Å². The van der Waals surface area contributed by atoms with Crippen LogP contribution >= 0.6 is 15.9 Å². The number of alkyl halides is 1. The summed E-state index contributed by atoms with van der Waals surface area (Å²) in [6.45, 7) is 2.31. The summed E-state index contributed by atoms with van der Waals surface area (Å²) in [5.41, 5.74) is 0. The number of hydrogen-bond donors (Lipinski definition) is 0. The molecule has 0 aromatic carbocycles. The Morgan fingerprint density at radius 2 is 2.17 bits per heavy atom. The van der Waals surface area contributed by atoms with Crippen LogP contribution in [0.3, 0.4) is 0 Å². The molecule has 0 nitrogen and oxygen atoms in total. The minimum Gasteiger partial charge on any atom is -0.0847 e. The first-order valence-electron chi connectivity index (χ1n) is 2.44. The van der Waals surface area contributed by atoms with Crippen LogP contribution in [0.2, 0.25) is 0 Å². The zero-order valence-electron chi connectivity index (χ0n) is 3.74. The number of hydrogen-bond acceptors (Lipinski definition) is 0. The van der Waals surface area contributed by atoms with Crippen LogP contribution < -0.4 is 0 Å². The van der Waals surface area contributed by atoms with E-state index in [9.17, 15) is 0 Å². The predicted octanol–water partition coefficient (Wildman–Crippen LogP) is 1.79. The summed E-state index contributed by atoms with van der Waals surface area (Å²) in [5.74, 6) is 2.09. The van der Waals surface area contributed by atoms with Crippen LogP contribution in [0.25, 0.3) is 0 Å². The van der Waals surface area contributed by atoms with Crippen molar-refractivity contribution >= 4 is 15.9 Å². The molecule has 0 N–H and O–H groups in total. The fourth-order valence-electron chi connectivity index (χ4n) is 1.16. The summed E-state index contributed by atoms with van der Waals surface area (Å²) >= 11 is 3.63. The van der Waals surface area contributed by atoms with E-state index >= 15 is 0 Å². The molecular weight excluding hydrogens is 140 g/mol. The fourth-order valence-corrected chi connectivity index (χ4v) is 2.09. The summed E-state index contributed by atoms with van der Waals surface area (Å²) in [7, 11) is 0. The highest BCUT2D eigenvalue weighted by Gasteiger charge is 2.75. The molecule has 6 heavy (non-hydrogen) atoms. The molecule has 2 rings (SSSR count). The van der Waals surface area contributed by atoms with E-state index in [1.807, 2.05) is 0 Å². The minimum absolute atomic E-state index is 0.688. The lowest BCUT2D eigenvalue weighted by molar-refractivity contribution is 0.702. The van der Waals surface area contributed by atoms with E-state index in [1.54, 1.807) is 0 Å². The van der Waals surface area contributed by atoms with Gasteiger partial charge in [0.15, 0.2) is 0 Å². The SMILES string of the molecule is CC1C2CC12Br. The Morgan fingerprint density at radius 1 is 1.83 bits per heavy atom. The lowest BCUT2D eigenvalue weighted by atomic mass is 10.2. The first kappa shape index (κ1) is 3.48. The second-order valence-corrected chi connectivity index (χ2v) is 4.00. The van der Waals surface area contributed by atoms with Crippen molar-refractivity contribution in [2.24, 2.45) is 11.8 Å². The van der Waals surface area contributed by atoms with E-state index in [1.165, 1.54) is 6.42 Å². The van der Waals surface area contributed by atoms with Crippen molar-refractivity contribution in [2.45, 2.75) is 17.7 Å². The van der Waals surface area contributed by atoms with E-state index < -0.39 is 0 Å². The molecule has 0 bridgehead atoms. The maximum atomic E-state index is 3.63. The van der Waals surface area contributed by atoms with E-state index in [2.05, 4.69) is 22.9 Å². The summed E-state index contributed by atoms with van der Waals surface area (Å²) in [6.07, 6.45) is 1.45. The first-order valence-corrected chi connectivity index (χ1v) is 3.23. The lowest BCUT2D eigenvalue weighted by Crippen LogP contribution is -1.87. The van der Waals surface area contributed by atoms with E-state index in [4.69, 9.17) is 0 Å².